The normalized spacial score (nSPS) is 15.1. The Morgan fingerprint density at radius 3 is 2.40 bits per heavy atom. The molecule has 0 amide bonds. The molecule has 0 aromatic heterocycles. The smallest absolute Gasteiger partial charge is 0.0615 e. The summed E-state index contributed by atoms with van der Waals surface area (Å²) in [5, 5.41) is 17.1. The third kappa shape index (κ3) is 7.40. The summed E-state index contributed by atoms with van der Waals surface area (Å²) < 4.78 is 0. The van der Waals surface area contributed by atoms with Gasteiger partial charge in [-0.3, -0.25) is 0 Å². The van der Waals surface area contributed by atoms with Gasteiger partial charge < -0.3 is 10.2 Å². The zero-order valence-corrected chi connectivity index (χ0v) is 6.20. The van der Waals surface area contributed by atoms with Gasteiger partial charge in [0.25, 0.3) is 0 Å². The zero-order chi connectivity index (χ0) is 7.82. The van der Waals surface area contributed by atoms with Crippen LogP contribution < -0.4 is 0 Å². The van der Waals surface area contributed by atoms with Crippen molar-refractivity contribution in [3.8, 4) is 0 Å². The Hall–Kier alpha value is -0.600. The minimum absolute atomic E-state index is 0.0685. The van der Waals surface area contributed by atoms with Gasteiger partial charge in [0.2, 0.25) is 0 Å². The van der Waals surface area contributed by atoms with Crippen LogP contribution in [0.25, 0.3) is 0 Å². The van der Waals surface area contributed by atoms with Gasteiger partial charge in [-0.2, -0.15) is 0 Å². The molecule has 0 rings (SSSR count). The summed E-state index contributed by atoms with van der Waals surface area (Å²) in [6.07, 6.45) is 7.44. The summed E-state index contributed by atoms with van der Waals surface area (Å²) in [4.78, 5) is 0. The number of aliphatic hydroxyl groups is 2. The van der Waals surface area contributed by atoms with Gasteiger partial charge in [-0.25, -0.2) is 0 Å². The fraction of sp³-hybridized carbons (Fsp3) is 0.500. The second-order valence-electron chi connectivity index (χ2n) is 2.12. The summed E-state index contributed by atoms with van der Waals surface area (Å²) >= 11 is 0. The first kappa shape index (κ1) is 9.40. The molecule has 0 aromatic carbocycles. The van der Waals surface area contributed by atoms with Crippen LogP contribution in [0.4, 0.5) is 0 Å². The van der Waals surface area contributed by atoms with E-state index in [-0.39, 0.29) is 12.7 Å². The highest BCUT2D eigenvalue weighted by molar-refractivity contribution is 5.02. The number of allylic oxidation sites excluding steroid dienone is 2. The lowest BCUT2D eigenvalue weighted by Gasteiger charge is -1.93. The van der Waals surface area contributed by atoms with Crippen molar-refractivity contribution in [3.05, 3.63) is 24.3 Å². The van der Waals surface area contributed by atoms with Crippen LogP contribution in [0.1, 0.15) is 13.3 Å². The van der Waals surface area contributed by atoms with Crippen molar-refractivity contribution < 1.29 is 10.2 Å². The fourth-order valence-corrected chi connectivity index (χ4v) is 0.494. The van der Waals surface area contributed by atoms with E-state index >= 15 is 0 Å². The highest BCUT2D eigenvalue weighted by Gasteiger charge is 1.86. The molecule has 2 nitrogen and oxygen atoms in total. The summed E-state index contributed by atoms with van der Waals surface area (Å²) in [6.45, 7) is 1.80. The molecule has 0 fully saturated rings. The van der Waals surface area contributed by atoms with E-state index in [4.69, 9.17) is 10.2 Å². The average Bonchev–Trinajstić information content (AvgIpc) is 1.87. The highest BCUT2D eigenvalue weighted by atomic mass is 16.3. The number of hydrogen-bond donors (Lipinski definition) is 2. The highest BCUT2D eigenvalue weighted by Crippen LogP contribution is 1.90. The predicted molar refractivity (Wildman–Crippen MR) is 41.7 cm³/mol. The Morgan fingerprint density at radius 1 is 1.30 bits per heavy atom. The molecule has 0 aromatic rings. The Morgan fingerprint density at radius 2 is 1.90 bits per heavy atom. The van der Waals surface area contributed by atoms with Crippen molar-refractivity contribution >= 4 is 0 Å². The first-order valence-electron chi connectivity index (χ1n) is 3.38. The van der Waals surface area contributed by atoms with E-state index in [0.29, 0.717) is 6.42 Å². The van der Waals surface area contributed by atoms with E-state index < -0.39 is 0 Å². The van der Waals surface area contributed by atoms with E-state index in [1.54, 1.807) is 19.1 Å². The Kier molecular flexibility index (Phi) is 6.13. The molecule has 0 aliphatic rings. The molecular weight excluding hydrogens is 128 g/mol. The lowest BCUT2D eigenvalue weighted by atomic mass is 10.2. The van der Waals surface area contributed by atoms with E-state index in [2.05, 4.69) is 0 Å². The lowest BCUT2D eigenvalue weighted by molar-refractivity contribution is 0.198. The molecule has 0 heterocycles. The minimum Gasteiger partial charge on any atom is -0.393 e. The molecule has 58 valence electrons. The summed E-state index contributed by atoms with van der Waals surface area (Å²) in [7, 11) is 0. The van der Waals surface area contributed by atoms with Gasteiger partial charge in [-0.05, 0) is 13.3 Å². The molecule has 0 saturated heterocycles. The Labute approximate surface area is 61.5 Å². The third-order valence-electron chi connectivity index (χ3n) is 0.966. The SMILES string of the molecule is CC(O)CC=CC=CCO. The van der Waals surface area contributed by atoms with E-state index in [0.717, 1.165) is 0 Å². The second-order valence-corrected chi connectivity index (χ2v) is 2.12. The van der Waals surface area contributed by atoms with Gasteiger partial charge in [-0.1, -0.05) is 24.3 Å². The minimum atomic E-state index is -0.279. The number of aliphatic hydroxyl groups excluding tert-OH is 2. The fourth-order valence-electron chi connectivity index (χ4n) is 0.494. The monoisotopic (exact) mass is 142 g/mol. The Bertz CT molecular complexity index is 114. The molecule has 0 aliphatic heterocycles. The molecule has 0 bridgehead atoms. The van der Waals surface area contributed by atoms with E-state index in [1.165, 1.54) is 0 Å². The van der Waals surface area contributed by atoms with Crippen molar-refractivity contribution in [1.82, 2.24) is 0 Å². The summed E-state index contributed by atoms with van der Waals surface area (Å²) in [5.41, 5.74) is 0. The van der Waals surface area contributed by atoms with Crippen LogP contribution >= 0.6 is 0 Å². The van der Waals surface area contributed by atoms with Crippen LogP contribution in [0.2, 0.25) is 0 Å². The van der Waals surface area contributed by atoms with Crippen LogP contribution in [0.5, 0.6) is 0 Å². The molecule has 2 N–H and O–H groups in total. The Balaban J connectivity index is 3.28. The average molecular weight is 142 g/mol. The first-order valence-corrected chi connectivity index (χ1v) is 3.38. The molecule has 0 aliphatic carbocycles. The zero-order valence-electron chi connectivity index (χ0n) is 6.20. The van der Waals surface area contributed by atoms with Crippen molar-refractivity contribution in [2.75, 3.05) is 6.61 Å². The van der Waals surface area contributed by atoms with Gasteiger partial charge in [0.15, 0.2) is 0 Å². The number of rotatable bonds is 4. The lowest BCUT2D eigenvalue weighted by Crippen LogP contribution is -1.94. The van der Waals surface area contributed by atoms with Crippen molar-refractivity contribution in [2.45, 2.75) is 19.4 Å². The maximum atomic E-state index is 8.78. The van der Waals surface area contributed by atoms with Crippen LogP contribution in [0.3, 0.4) is 0 Å². The largest absolute Gasteiger partial charge is 0.393 e. The van der Waals surface area contributed by atoms with Gasteiger partial charge in [0.1, 0.15) is 0 Å². The van der Waals surface area contributed by atoms with Crippen LogP contribution in [0, 0.1) is 0 Å². The molecule has 10 heavy (non-hydrogen) atoms. The topological polar surface area (TPSA) is 40.5 Å². The van der Waals surface area contributed by atoms with Gasteiger partial charge >= 0.3 is 0 Å². The maximum absolute atomic E-state index is 8.78. The molecular formula is C8H14O2. The predicted octanol–water partition coefficient (Wildman–Crippen LogP) is 0.862. The van der Waals surface area contributed by atoms with Crippen molar-refractivity contribution in [1.29, 1.82) is 0 Å². The quantitative estimate of drug-likeness (QED) is 0.571. The second kappa shape index (κ2) is 6.52. The van der Waals surface area contributed by atoms with Gasteiger partial charge in [0, 0.05) is 0 Å². The first-order chi connectivity index (χ1) is 4.77. The van der Waals surface area contributed by atoms with Crippen molar-refractivity contribution in [3.63, 3.8) is 0 Å². The summed E-state index contributed by atoms with van der Waals surface area (Å²) in [5.74, 6) is 0. The van der Waals surface area contributed by atoms with E-state index in [1.807, 2.05) is 12.2 Å². The standard InChI is InChI=1S/C8H14O2/c1-8(10)6-4-2-3-5-7-9/h2-5,8-10H,6-7H2,1H3. The maximum Gasteiger partial charge on any atom is 0.0615 e. The van der Waals surface area contributed by atoms with Gasteiger partial charge in [-0.15, -0.1) is 0 Å². The van der Waals surface area contributed by atoms with Crippen molar-refractivity contribution in [2.24, 2.45) is 0 Å². The van der Waals surface area contributed by atoms with Gasteiger partial charge in [0.05, 0.1) is 12.7 Å². The molecule has 0 saturated carbocycles. The third-order valence-corrected chi connectivity index (χ3v) is 0.966. The number of hydrogen-bond acceptors (Lipinski definition) is 2. The molecule has 1 atom stereocenters. The van der Waals surface area contributed by atoms with E-state index in [9.17, 15) is 0 Å². The molecule has 0 spiro atoms. The molecule has 0 radical (unpaired) electrons. The molecule has 2 heteroatoms. The molecule has 1 unspecified atom stereocenters. The van der Waals surface area contributed by atoms with Crippen LogP contribution in [-0.2, 0) is 0 Å². The van der Waals surface area contributed by atoms with Crippen LogP contribution in [-0.4, -0.2) is 22.9 Å². The van der Waals surface area contributed by atoms with Crippen LogP contribution in [0.15, 0.2) is 24.3 Å². The summed E-state index contributed by atoms with van der Waals surface area (Å²) in [6, 6.07) is 0.